The van der Waals surface area contributed by atoms with Gasteiger partial charge >= 0.3 is 6.18 Å². The predicted molar refractivity (Wildman–Crippen MR) is 60.7 cm³/mol. The van der Waals surface area contributed by atoms with Crippen molar-refractivity contribution < 1.29 is 18.0 Å². The van der Waals surface area contributed by atoms with E-state index in [4.69, 9.17) is 0 Å². The van der Waals surface area contributed by atoms with Crippen LogP contribution >= 0.6 is 0 Å². The van der Waals surface area contributed by atoms with E-state index >= 15 is 0 Å². The Balaban J connectivity index is 2.53. The molecule has 0 atom stereocenters. The molecule has 1 aromatic rings. The molecule has 1 heterocycles. The molecule has 0 spiro atoms. The van der Waals surface area contributed by atoms with E-state index in [1.54, 1.807) is 18.5 Å². The molecule has 1 rings (SSSR count). The van der Waals surface area contributed by atoms with Crippen molar-refractivity contribution in [2.75, 3.05) is 7.05 Å². The summed E-state index contributed by atoms with van der Waals surface area (Å²) in [6, 6.07) is 1.75. The molecule has 0 aliphatic carbocycles. The summed E-state index contributed by atoms with van der Waals surface area (Å²) < 4.78 is 36.0. The maximum Gasteiger partial charge on any atom is 0.389 e. The topological polar surface area (TPSA) is 33.2 Å². The molecule has 0 saturated heterocycles. The standard InChI is InChI=1S/C12H15F3N2O/c1-9-7-16-6-4-10(9)8-17(2)11(18)3-5-12(13,14)15/h4,6-7H,3,5,8H2,1-2H3. The lowest BCUT2D eigenvalue weighted by atomic mass is 10.1. The lowest BCUT2D eigenvalue weighted by Gasteiger charge is -2.18. The number of nitrogens with zero attached hydrogens (tertiary/aromatic N) is 2. The van der Waals surface area contributed by atoms with Crippen LogP contribution in [0.3, 0.4) is 0 Å². The van der Waals surface area contributed by atoms with Crippen LogP contribution in [0, 0.1) is 6.92 Å². The number of hydrogen-bond acceptors (Lipinski definition) is 2. The maximum absolute atomic E-state index is 12.0. The number of rotatable bonds is 4. The number of amides is 1. The zero-order valence-electron chi connectivity index (χ0n) is 10.3. The smallest absolute Gasteiger partial charge is 0.341 e. The highest BCUT2D eigenvalue weighted by atomic mass is 19.4. The van der Waals surface area contributed by atoms with E-state index in [2.05, 4.69) is 4.98 Å². The molecule has 18 heavy (non-hydrogen) atoms. The number of hydrogen-bond donors (Lipinski definition) is 0. The zero-order valence-corrected chi connectivity index (χ0v) is 10.3. The van der Waals surface area contributed by atoms with Crippen LogP contribution in [0.25, 0.3) is 0 Å². The Morgan fingerprint density at radius 2 is 2.11 bits per heavy atom. The van der Waals surface area contributed by atoms with E-state index < -0.39 is 24.9 Å². The summed E-state index contributed by atoms with van der Waals surface area (Å²) >= 11 is 0. The highest BCUT2D eigenvalue weighted by molar-refractivity contribution is 5.75. The summed E-state index contributed by atoms with van der Waals surface area (Å²) in [4.78, 5) is 16.7. The highest BCUT2D eigenvalue weighted by Gasteiger charge is 2.28. The first-order chi connectivity index (χ1) is 8.29. The molecule has 0 saturated carbocycles. The first-order valence-corrected chi connectivity index (χ1v) is 5.50. The van der Waals surface area contributed by atoms with E-state index in [1.165, 1.54) is 11.9 Å². The van der Waals surface area contributed by atoms with Gasteiger partial charge in [0.1, 0.15) is 0 Å². The summed E-state index contributed by atoms with van der Waals surface area (Å²) in [7, 11) is 1.50. The Morgan fingerprint density at radius 3 is 2.67 bits per heavy atom. The third kappa shape index (κ3) is 4.73. The Bertz CT molecular complexity index is 418. The first kappa shape index (κ1) is 14.5. The predicted octanol–water partition coefficient (Wildman–Crippen LogP) is 2.69. The fourth-order valence-electron chi connectivity index (χ4n) is 1.46. The van der Waals surface area contributed by atoms with Crippen LogP contribution in [-0.2, 0) is 11.3 Å². The van der Waals surface area contributed by atoms with Crippen molar-refractivity contribution in [3.8, 4) is 0 Å². The van der Waals surface area contributed by atoms with Crippen molar-refractivity contribution >= 4 is 5.91 Å². The van der Waals surface area contributed by atoms with Crippen molar-refractivity contribution in [1.29, 1.82) is 0 Å². The van der Waals surface area contributed by atoms with Gasteiger partial charge in [0.15, 0.2) is 0 Å². The Kier molecular flexibility index (Phi) is 4.69. The third-order valence-corrected chi connectivity index (χ3v) is 2.59. The normalized spacial score (nSPS) is 11.4. The average Bonchev–Trinajstić information content (AvgIpc) is 2.28. The van der Waals surface area contributed by atoms with Crippen molar-refractivity contribution in [3.05, 3.63) is 29.6 Å². The molecule has 3 nitrogen and oxygen atoms in total. The number of carbonyl (C=O) groups is 1. The van der Waals surface area contributed by atoms with Crippen LogP contribution in [0.5, 0.6) is 0 Å². The van der Waals surface area contributed by atoms with Gasteiger partial charge in [0.05, 0.1) is 6.42 Å². The molecule has 1 aromatic heterocycles. The van der Waals surface area contributed by atoms with Crippen LogP contribution in [0.2, 0.25) is 0 Å². The van der Waals surface area contributed by atoms with Crippen molar-refractivity contribution in [3.63, 3.8) is 0 Å². The van der Waals surface area contributed by atoms with Gasteiger partial charge in [-0.15, -0.1) is 0 Å². The maximum atomic E-state index is 12.0. The Labute approximate surface area is 104 Å². The fourth-order valence-corrected chi connectivity index (χ4v) is 1.46. The number of aryl methyl sites for hydroxylation is 1. The molecule has 0 N–H and O–H groups in total. The number of carbonyl (C=O) groups excluding carboxylic acids is 1. The molecular formula is C12H15F3N2O. The molecule has 0 aliphatic heterocycles. The summed E-state index contributed by atoms with van der Waals surface area (Å²) in [5.74, 6) is -0.511. The highest BCUT2D eigenvalue weighted by Crippen LogP contribution is 2.22. The van der Waals surface area contributed by atoms with Crippen LogP contribution < -0.4 is 0 Å². The SMILES string of the molecule is Cc1cnccc1CN(C)C(=O)CCC(F)(F)F. The number of aromatic nitrogens is 1. The van der Waals surface area contributed by atoms with E-state index in [0.29, 0.717) is 6.54 Å². The van der Waals surface area contributed by atoms with Crippen molar-refractivity contribution in [1.82, 2.24) is 9.88 Å². The summed E-state index contributed by atoms with van der Waals surface area (Å²) in [5, 5.41) is 0. The molecule has 0 aromatic carbocycles. The van der Waals surface area contributed by atoms with E-state index in [0.717, 1.165) is 11.1 Å². The lowest BCUT2D eigenvalue weighted by Crippen LogP contribution is -2.27. The second-order valence-corrected chi connectivity index (χ2v) is 4.17. The molecule has 100 valence electrons. The molecule has 6 heteroatoms. The van der Waals surface area contributed by atoms with E-state index in [-0.39, 0.29) is 0 Å². The van der Waals surface area contributed by atoms with Gasteiger partial charge in [-0.25, -0.2) is 0 Å². The van der Waals surface area contributed by atoms with Crippen LogP contribution in [0.4, 0.5) is 13.2 Å². The average molecular weight is 260 g/mol. The van der Waals surface area contributed by atoms with Gasteiger partial charge < -0.3 is 4.90 Å². The minimum atomic E-state index is -4.29. The Morgan fingerprint density at radius 1 is 1.44 bits per heavy atom. The Hall–Kier alpha value is -1.59. The number of halogens is 3. The van der Waals surface area contributed by atoms with Crippen molar-refractivity contribution in [2.45, 2.75) is 32.5 Å². The lowest BCUT2D eigenvalue weighted by molar-refractivity contribution is -0.148. The van der Waals surface area contributed by atoms with E-state index in [1.807, 2.05) is 6.92 Å². The van der Waals surface area contributed by atoms with Crippen LogP contribution in [0.15, 0.2) is 18.5 Å². The van der Waals surface area contributed by atoms with E-state index in [9.17, 15) is 18.0 Å². The third-order valence-electron chi connectivity index (χ3n) is 2.59. The van der Waals surface area contributed by atoms with Gasteiger partial charge in [0, 0.05) is 32.4 Å². The van der Waals surface area contributed by atoms with Gasteiger partial charge in [0.2, 0.25) is 5.91 Å². The van der Waals surface area contributed by atoms with Gasteiger partial charge in [-0.2, -0.15) is 13.2 Å². The second-order valence-electron chi connectivity index (χ2n) is 4.17. The largest absolute Gasteiger partial charge is 0.389 e. The summed E-state index contributed by atoms with van der Waals surface area (Å²) in [6.07, 6.45) is -2.63. The number of pyridine rings is 1. The monoisotopic (exact) mass is 260 g/mol. The van der Waals surface area contributed by atoms with Crippen LogP contribution in [-0.4, -0.2) is 29.0 Å². The molecule has 0 aliphatic rings. The molecule has 0 fully saturated rings. The minimum absolute atomic E-state index is 0.297. The van der Waals surface area contributed by atoms with Gasteiger partial charge in [-0.1, -0.05) is 0 Å². The molecule has 0 bridgehead atoms. The zero-order chi connectivity index (χ0) is 13.8. The molecule has 0 unspecified atom stereocenters. The minimum Gasteiger partial charge on any atom is -0.341 e. The van der Waals surface area contributed by atoms with Crippen LogP contribution in [0.1, 0.15) is 24.0 Å². The summed E-state index contributed by atoms with van der Waals surface area (Å²) in [5.41, 5.74) is 1.79. The summed E-state index contributed by atoms with van der Waals surface area (Å²) in [6.45, 7) is 2.14. The fraction of sp³-hybridized carbons (Fsp3) is 0.500. The van der Waals surface area contributed by atoms with Gasteiger partial charge in [-0.05, 0) is 24.1 Å². The molecule has 1 amide bonds. The first-order valence-electron chi connectivity index (χ1n) is 5.50. The van der Waals surface area contributed by atoms with Crippen molar-refractivity contribution in [2.24, 2.45) is 0 Å². The quantitative estimate of drug-likeness (QED) is 0.834. The molecule has 0 radical (unpaired) electrons. The second kappa shape index (κ2) is 5.84. The van der Waals surface area contributed by atoms with Gasteiger partial charge in [-0.3, -0.25) is 9.78 Å². The molecular weight excluding hydrogens is 245 g/mol. The number of alkyl halides is 3. The van der Waals surface area contributed by atoms with Gasteiger partial charge in [0.25, 0.3) is 0 Å².